The van der Waals surface area contributed by atoms with Gasteiger partial charge in [-0.1, -0.05) is 0 Å². The van der Waals surface area contributed by atoms with Gasteiger partial charge in [0, 0.05) is 6.54 Å². The molecule has 1 aromatic rings. The van der Waals surface area contributed by atoms with Gasteiger partial charge in [-0.2, -0.15) is 0 Å². The number of aromatic nitrogens is 3. The van der Waals surface area contributed by atoms with E-state index in [0.29, 0.717) is 11.3 Å². The Morgan fingerprint density at radius 3 is 3.00 bits per heavy atom. The Labute approximate surface area is 67.6 Å². The van der Waals surface area contributed by atoms with Crippen molar-refractivity contribution in [1.82, 2.24) is 14.8 Å². The zero-order chi connectivity index (χ0) is 7.56. The number of nitrogens with two attached hydrogens (primary N) is 1. The van der Waals surface area contributed by atoms with Crippen molar-refractivity contribution >= 4 is 15.9 Å². The molecule has 0 saturated carbocycles. The molecule has 0 spiro atoms. The smallest absolute Gasteiger partial charge is 0.217 e. The van der Waals surface area contributed by atoms with Gasteiger partial charge in [0.25, 0.3) is 0 Å². The normalized spacial score (nSPS) is 13.5. The molecule has 0 radical (unpaired) electrons. The molecule has 56 valence electrons. The minimum Gasteiger partial charge on any atom is -0.328 e. The number of hydrogen-bond donors (Lipinski definition) is 1. The molecule has 0 saturated heterocycles. The lowest BCUT2D eigenvalue weighted by molar-refractivity contribution is 0.497. The molecule has 1 unspecified atom stereocenters. The Morgan fingerprint density at radius 2 is 2.60 bits per heavy atom. The third kappa shape index (κ3) is 1.54. The van der Waals surface area contributed by atoms with Crippen LogP contribution in [0.3, 0.4) is 0 Å². The van der Waals surface area contributed by atoms with Gasteiger partial charge >= 0.3 is 0 Å². The summed E-state index contributed by atoms with van der Waals surface area (Å²) in [6.07, 6.45) is 1.65. The van der Waals surface area contributed by atoms with Gasteiger partial charge in [0.1, 0.15) is 6.33 Å². The van der Waals surface area contributed by atoms with Gasteiger partial charge in [0.05, 0.1) is 6.04 Å². The van der Waals surface area contributed by atoms with Crippen molar-refractivity contribution < 1.29 is 0 Å². The summed E-state index contributed by atoms with van der Waals surface area (Å²) in [5.74, 6) is 0. The van der Waals surface area contributed by atoms with E-state index >= 15 is 0 Å². The second-order valence-electron chi connectivity index (χ2n) is 2.08. The van der Waals surface area contributed by atoms with E-state index in [-0.39, 0.29) is 6.04 Å². The second kappa shape index (κ2) is 3.12. The first-order valence-corrected chi connectivity index (χ1v) is 3.80. The highest BCUT2D eigenvalue weighted by atomic mass is 79.9. The summed E-state index contributed by atoms with van der Waals surface area (Å²) in [6.45, 7) is 2.57. The quantitative estimate of drug-likeness (QED) is 0.767. The molecule has 0 aliphatic heterocycles. The summed E-state index contributed by atoms with van der Waals surface area (Å²) in [4.78, 5) is 3.90. The minimum absolute atomic E-state index is 0.221. The van der Waals surface area contributed by atoms with Crippen molar-refractivity contribution in [3.63, 3.8) is 0 Å². The van der Waals surface area contributed by atoms with Crippen molar-refractivity contribution in [2.45, 2.75) is 13.0 Å². The molecule has 10 heavy (non-hydrogen) atoms. The molecule has 0 aliphatic rings. The fraction of sp³-hybridized carbons (Fsp3) is 0.600. The molecule has 0 amide bonds. The van der Waals surface area contributed by atoms with Crippen molar-refractivity contribution in [2.24, 2.45) is 5.73 Å². The molecule has 1 aromatic heterocycles. The Balaban J connectivity index is 2.74. The standard InChI is InChI=1S/C5H9BrN4/c1-4(2-7)10-3-8-5(6)9-10/h3-4H,2,7H2,1H3. The summed E-state index contributed by atoms with van der Waals surface area (Å²) in [6, 6.07) is 0.221. The molecule has 2 N–H and O–H groups in total. The molecule has 0 aromatic carbocycles. The van der Waals surface area contributed by atoms with Gasteiger partial charge < -0.3 is 5.73 Å². The Bertz CT molecular complexity index is 209. The average Bonchev–Trinajstić information content (AvgIpc) is 2.34. The third-order valence-electron chi connectivity index (χ3n) is 1.27. The zero-order valence-electron chi connectivity index (χ0n) is 5.66. The molecule has 0 fully saturated rings. The topological polar surface area (TPSA) is 56.7 Å². The van der Waals surface area contributed by atoms with Gasteiger partial charge in [0.2, 0.25) is 4.73 Å². The lowest BCUT2D eigenvalue weighted by Gasteiger charge is -2.05. The predicted molar refractivity (Wildman–Crippen MR) is 41.5 cm³/mol. The van der Waals surface area contributed by atoms with Crippen molar-refractivity contribution in [3.8, 4) is 0 Å². The second-order valence-corrected chi connectivity index (χ2v) is 2.79. The van der Waals surface area contributed by atoms with E-state index in [0.717, 1.165) is 0 Å². The highest BCUT2D eigenvalue weighted by Crippen LogP contribution is 2.04. The van der Waals surface area contributed by atoms with Crippen LogP contribution in [-0.2, 0) is 0 Å². The molecular weight excluding hydrogens is 196 g/mol. The lowest BCUT2D eigenvalue weighted by Crippen LogP contribution is -2.16. The summed E-state index contributed by atoms with van der Waals surface area (Å²) < 4.78 is 2.33. The first kappa shape index (κ1) is 7.68. The van der Waals surface area contributed by atoms with Crippen LogP contribution in [-0.4, -0.2) is 21.3 Å². The highest BCUT2D eigenvalue weighted by molar-refractivity contribution is 9.10. The molecule has 5 heteroatoms. The Kier molecular flexibility index (Phi) is 2.39. The molecule has 4 nitrogen and oxygen atoms in total. The van der Waals surface area contributed by atoms with Crippen LogP contribution >= 0.6 is 15.9 Å². The molecular formula is C5H9BrN4. The van der Waals surface area contributed by atoms with Gasteiger partial charge in [-0.05, 0) is 22.9 Å². The van der Waals surface area contributed by atoms with Gasteiger partial charge in [-0.15, -0.1) is 5.10 Å². The predicted octanol–water partition coefficient (Wildman–Crippen LogP) is 0.560. The minimum atomic E-state index is 0.221. The van der Waals surface area contributed by atoms with E-state index in [1.807, 2.05) is 6.92 Å². The van der Waals surface area contributed by atoms with E-state index < -0.39 is 0 Å². The van der Waals surface area contributed by atoms with Crippen LogP contribution < -0.4 is 5.73 Å². The van der Waals surface area contributed by atoms with Crippen LogP contribution in [0.15, 0.2) is 11.1 Å². The van der Waals surface area contributed by atoms with Gasteiger partial charge in [-0.3, -0.25) is 0 Å². The molecule has 0 aliphatic carbocycles. The fourth-order valence-electron chi connectivity index (χ4n) is 0.574. The molecule has 1 atom stereocenters. The van der Waals surface area contributed by atoms with Crippen LogP contribution in [0.25, 0.3) is 0 Å². The first-order chi connectivity index (χ1) is 4.74. The van der Waals surface area contributed by atoms with E-state index in [2.05, 4.69) is 26.0 Å². The number of nitrogens with zero attached hydrogens (tertiary/aromatic N) is 3. The first-order valence-electron chi connectivity index (χ1n) is 3.00. The fourth-order valence-corrected chi connectivity index (χ4v) is 0.849. The van der Waals surface area contributed by atoms with Crippen LogP contribution in [0.5, 0.6) is 0 Å². The summed E-state index contributed by atoms with van der Waals surface area (Å²) in [5, 5.41) is 4.02. The van der Waals surface area contributed by atoms with E-state index in [1.165, 1.54) is 0 Å². The maximum Gasteiger partial charge on any atom is 0.217 e. The third-order valence-corrected chi connectivity index (χ3v) is 1.64. The molecule has 1 rings (SSSR count). The van der Waals surface area contributed by atoms with Crippen molar-refractivity contribution in [2.75, 3.05) is 6.54 Å². The van der Waals surface area contributed by atoms with Crippen molar-refractivity contribution in [3.05, 3.63) is 11.1 Å². The van der Waals surface area contributed by atoms with Gasteiger partial charge in [-0.25, -0.2) is 9.67 Å². The monoisotopic (exact) mass is 204 g/mol. The largest absolute Gasteiger partial charge is 0.328 e. The number of halogens is 1. The Hall–Kier alpha value is -0.420. The zero-order valence-corrected chi connectivity index (χ0v) is 7.24. The number of rotatable bonds is 2. The summed E-state index contributed by atoms with van der Waals surface area (Å²) in [5.41, 5.74) is 5.41. The lowest BCUT2D eigenvalue weighted by atomic mass is 10.4. The van der Waals surface area contributed by atoms with Crippen LogP contribution in [0.1, 0.15) is 13.0 Å². The van der Waals surface area contributed by atoms with Gasteiger partial charge in [0.15, 0.2) is 0 Å². The summed E-state index contributed by atoms with van der Waals surface area (Å²) >= 11 is 3.15. The van der Waals surface area contributed by atoms with Crippen LogP contribution in [0.2, 0.25) is 0 Å². The SMILES string of the molecule is CC(CN)n1cnc(Br)n1. The number of hydrogen-bond acceptors (Lipinski definition) is 3. The molecule has 0 bridgehead atoms. The van der Waals surface area contributed by atoms with Crippen LogP contribution in [0.4, 0.5) is 0 Å². The van der Waals surface area contributed by atoms with E-state index in [4.69, 9.17) is 5.73 Å². The van der Waals surface area contributed by atoms with E-state index in [1.54, 1.807) is 11.0 Å². The Morgan fingerprint density at radius 1 is 1.90 bits per heavy atom. The molecule has 1 heterocycles. The highest BCUT2D eigenvalue weighted by Gasteiger charge is 2.02. The summed E-state index contributed by atoms with van der Waals surface area (Å²) in [7, 11) is 0. The van der Waals surface area contributed by atoms with E-state index in [9.17, 15) is 0 Å². The average molecular weight is 205 g/mol. The van der Waals surface area contributed by atoms with Crippen molar-refractivity contribution in [1.29, 1.82) is 0 Å². The maximum absolute atomic E-state index is 5.41. The maximum atomic E-state index is 5.41. The van der Waals surface area contributed by atoms with Crippen LogP contribution in [0, 0.1) is 0 Å².